The monoisotopic (exact) mass is 768 g/mol. The number of carbonyl (C=O) groups is 3. The van der Waals surface area contributed by atoms with Crippen molar-refractivity contribution in [1.29, 1.82) is 0 Å². The van der Waals surface area contributed by atoms with Gasteiger partial charge in [0, 0.05) is 48.9 Å². The number of likely N-dealkylation sites (tertiary alicyclic amines) is 1. The molecule has 10 heteroatoms. The van der Waals surface area contributed by atoms with Crippen LogP contribution < -0.4 is 9.80 Å². The first-order chi connectivity index (χ1) is 25.2. The SMILES string of the molecule is C=CCN(Cc1ccccc1)C(=O)[C@H]1[C@@H]2OC3(CC2Br)C(C(=O)N(CC=C)c2ccc(N(CC)CC)cc2)N([C@@H](CO)Cc2ccccc2)C(=O)[C@H]13. The molecular formula is C42H49BrN4O5. The van der Waals surface area contributed by atoms with E-state index in [4.69, 9.17) is 4.74 Å². The van der Waals surface area contributed by atoms with Crippen molar-refractivity contribution in [3.8, 4) is 0 Å². The van der Waals surface area contributed by atoms with Crippen LogP contribution in [0.3, 0.4) is 0 Å². The Hall–Kier alpha value is -4.25. The number of alkyl halides is 1. The minimum atomic E-state index is -1.30. The van der Waals surface area contributed by atoms with Crippen molar-refractivity contribution in [2.24, 2.45) is 11.8 Å². The fraction of sp³-hybridized carbons (Fsp3) is 0.405. The fourth-order valence-electron chi connectivity index (χ4n) is 8.59. The summed E-state index contributed by atoms with van der Waals surface area (Å²) in [5.41, 5.74) is 2.27. The van der Waals surface area contributed by atoms with Gasteiger partial charge in [-0.2, -0.15) is 0 Å². The number of amides is 3. The van der Waals surface area contributed by atoms with E-state index in [1.165, 1.54) is 0 Å². The van der Waals surface area contributed by atoms with Gasteiger partial charge in [-0.15, -0.1) is 13.2 Å². The Balaban J connectivity index is 1.43. The van der Waals surface area contributed by atoms with Crippen LogP contribution in [0.15, 0.2) is 110 Å². The van der Waals surface area contributed by atoms with Gasteiger partial charge in [0.2, 0.25) is 11.8 Å². The van der Waals surface area contributed by atoms with E-state index < -0.39 is 35.6 Å². The molecular weight excluding hydrogens is 720 g/mol. The molecule has 0 aromatic heterocycles. The number of rotatable bonds is 16. The van der Waals surface area contributed by atoms with Crippen LogP contribution in [0, 0.1) is 11.8 Å². The summed E-state index contributed by atoms with van der Waals surface area (Å²) in [6, 6.07) is 25.3. The molecule has 3 fully saturated rings. The first kappa shape index (κ1) is 37.5. The number of anilines is 2. The number of nitrogens with zero attached hydrogens (tertiary/aromatic N) is 4. The Morgan fingerprint density at radius 2 is 1.52 bits per heavy atom. The maximum Gasteiger partial charge on any atom is 0.253 e. The van der Waals surface area contributed by atoms with Gasteiger partial charge in [0.05, 0.1) is 30.6 Å². The molecule has 0 radical (unpaired) electrons. The predicted octanol–water partition coefficient (Wildman–Crippen LogP) is 5.62. The molecule has 3 aromatic rings. The van der Waals surface area contributed by atoms with E-state index in [0.29, 0.717) is 25.1 Å². The van der Waals surface area contributed by atoms with Crippen LogP contribution in [0.4, 0.5) is 11.4 Å². The molecule has 9 nitrogen and oxygen atoms in total. The van der Waals surface area contributed by atoms with Gasteiger partial charge < -0.3 is 29.4 Å². The summed E-state index contributed by atoms with van der Waals surface area (Å²) in [7, 11) is 0. The summed E-state index contributed by atoms with van der Waals surface area (Å²) in [6.45, 7) is 14.2. The van der Waals surface area contributed by atoms with Gasteiger partial charge in [0.1, 0.15) is 11.6 Å². The van der Waals surface area contributed by atoms with Crippen LogP contribution in [-0.2, 0) is 32.1 Å². The number of ether oxygens (including phenoxy) is 1. The van der Waals surface area contributed by atoms with Crippen molar-refractivity contribution in [3.63, 3.8) is 0 Å². The van der Waals surface area contributed by atoms with E-state index in [0.717, 1.165) is 29.9 Å². The van der Waals surface area contributed by atoms with Gasteiger partial charge in [0.15, 0.2) is 0 Å². The van der Waals surface area contributed by atoms with Crippen molar-refractivity contribution in [2.45, 2.75) is 61.8 Å². The maximum atomic E-state index is 15.3. The lowest BCUT2D eigenvalue weighted by molar-refractivity contribution is -0.147. The molecule has 0 saturated carbocycles. The molecule has 6 rings (SSSR count). The van der Waals surface area contributed by atoms with Gasteiger partial charge >= 0.3 is 0 Å². The van der Waals surface area contributed by atoms with E-state index in [9.17, 15) is 9.90 Å². The number of hydrogen-bond donors (Lipinski definition) is 1. The number of hydrogen-bond acceptors (Lipinski definition) is 6. The average Bonchev–Trinajstić information content (AvgIpc) is 3.77. The fourth-order valence-corrected chi connectivity index (χ4v) is 9.54. The molecule has 3 amide bonds. The van der Waals surface area contributed by atoms with E-state index in [2.05, 4.69) is 47.8 Å². The van der Waals surface area contributed by atoms with E-state index in [1.807, 2.05) is 84.9 Å². The van der Waals surface area contributed by atoms with Gasteiger partial charge in [-0.1, -0.05) is 88.7 Å². The van der Waals surface area contributed by atoms with E-state index >= 15 is 9.59 Å². The third-order valence-electron chi connectivity index (χ3n) is 10.9. The first-order valence-corrected chi connectivity index (χ1v) is 19.1. The molecule has 7 atom stereocenters. The lowest BCUT2D eigenvalue weighted by Gasteiger charge is -2.39. The molecule has 2 bridgehead atoms. The second-order valence-corrected chi connectivity index (χ2v) is 15.0. The standard InChI is InChI=1S/C42H49BrN4O5/c1-5-23-45(27-30-17-13-10-14-18-30)39(49)35-36-40(50)47(33(28-48)25-29-15-11-9-12-16-29)38(42(36)26-34(43)37(35)52-42)41(51)46(24-6-2)32-21-19-31(20-22-32)44(7-3)8-4/h5-6,9-22,33-38,48H,1-2,7-8,23-28H2,3-4H3/t33-,34?,35-,36+,37-,38?,42?/m1/s1. The zero-order valence-electron chi connectivity index (χ0n) is 30.0. The third-order valence-corrected chi connectivity index (χ3v) is 11.8. The number of benzene rings is 3. The summed E-state index contributed by atoms with van der Waals surface area (Å²) in [5.74, 6) is -2.66. The molecule has 3 saturated heterocycles. The number of aliphatic hydroxyl groups excluding tert-OH is 1. The summed E-state index contributed by atoms with van der Waals surface area (Å²) >= 11 is 3.82. The van der Waals surface area contributed by atoms with Crippen LogP contribution in [0.25, 0.3) is 0 Å². The highest BCUT2D eigenvalue weighted by molar-refractivity contribution is 9.09. The summed E-state index contributed by atoms with van der Waals surface area (Å²) in [5, 5.41) is 11.0. The maximum absolute atomic E-state index is 15.3. The minimum Gasteiger partial charge on any atom is -0.394 e. The number of halogens is 1. The highest BCUT2D eigenvalue weighted by Crippen LogP contribution is 2.61. The van der Waals surface area contributed by atoms with E-state index in [-0.39, 0.29) is 42.2 Å². The highest BCUT2D eigenvalue weighted by atomic mass is 79.9. The Labute approximate surface area is 315 Å². The molecule has 1 spiro atoms. The topological polar surface area (TPSA) is 93.6 Å². The lowest BCUT2D eigenvalue weighted by Crippen LogP contribution is -2.59. The molecule has 3 aliphatic heterocycles. The van der Waals surface area contributed by atoms with Gasteiger partial charge in [0.25, 0.3) is 5.91 Å². The van der Waals surface area contributed by atoms with Crippen LogP contribution in [0.1, 0.15) is 31.4 Å². The van der Waals surface area contributed by atoms with Crippen molar-refractivity contribution < 1.29 is 24.2 Å². The van der Waals surface area contributed by atoms with Crippen molar-refractivity contribution in [3.05, 3.63) is 121 Å². The van der Waals surface area contributed by atoms with Crippen LogP contribution in [0.2, 0.25) is 0 Å². The summed E-state index contributed by atoms with van der Waals surface area (Å²) in [6.07, 6.45) is 3.42. The molecule has 3 heterocycles. The third kappa shape index (κ3) is 6.84. The number of fused-ring (bicyclic) bond motifs is 1. The molecule has 3 aliphatic rings. The predicted molar refractivity (Wildman–Crippen MR) is 208 cm³/mol. The Morgan fingerprint density at radius 3 is 2.10 bits per heavy atom. The Bertz CT molecular complexity index is 1740. The van der Waals surface area contributed by atoms with Crippen LogP contribution in [0.5, 0.6) is 0 Å². The van der Waals surface area contributed by atoms with Crippen LogP contribution in [-0.4, -0.2) is 94.0 Å². The second-order valence-electron chi connectivity index (χ2n) is 13.9. The normalized spacial score (nSPS) is 25.0. The molecule has 3 unspecified atom stereocenters. The zero-order valence-corrected chi connectivity index (χ0v) is 31.6. The quantitative estimate of drug-likeness (QED) is 0.150. The molecule has 1 N–H and O–H groups in total. The molecule has 52 heavy (non-hydrogen) atoms. The Kier molecular flexibility index (Phi) is 11.7. The minimum absolute atomic E-state index is 0.193. The number of carbonyl (C=O) groups excluding carboxylic acids is 3. The summed E-state index contributed by atoms with van der Waals surface area (Å²) < 4.78 is 6.89. The van der Waals surface area contributed by atoms with Gasteiger partial charge in [-0.05, 0) is 62.1 Å². The zero-order chi connectivity index (χ0) is 37.0. The van der Waals surface area contributed by atoms with Crippen molar-refractivity contribution in [1.82, 2.24) is 9.80 Å². The number of aliphatic hydroxyl groups is 1. The summed E-state index contributed by atoms with van der Waals surface area (Å²) in [4.78, 5) is 51.9. The van der Waals surface area contributed by atoms with E-state index in [1.54, 1.807) is 26.9 Å². The largest absolute Gasteiger partial charge is 0.394 e. The lowest BCUT2D eigenvalue weighted by atomic mass is 9.70. The van der Waals surface area contributed by atoms with Gasteiger partial charge in [-0.3, -0.25) is 14.4 Å². The Morgan fingerprint density at radius 1 is 0.923 bits per heavy atom. The molecule has 3 aromatic carbocycles. The molecule has 0 aliphatic carbocycles. The van der Waals surface area contributed by atoms with Crippen molar-refractivity contribution >= 4 is 45.0 Å². The highest BCUT2D eigenvalue weighted by Gasteiger charge is 2.77. The van der Waals surface area contributed by atoms with Gasteiger partial charge in [-0.25, -0.2) is 0 Å². The second kappa shape index (κ2) is 16.2. The van der Waals surface area contributed by atoms with Crippen molar-refractivity contribution in [2.75, 3.05) is 42.6 Å². The smallest absolute Gasteiger partial charge is 0.253 e. The first-order valence-electron chi connectivity index (χ1n) is 18.2. The average molecular weight is 770 g/mol. The molecule has 274 valence electrons. The van der Waals surface area contributed by atoms with Crippen LogP contribution >= 0.6 is 15.9 Å².